The van der Waals surface area contributed by atoms with Gasteiger partial charge in [-0.15, -0.1) is 5.92 Å². The van der Waals surface area contributed by atoms with Crippen LogP contribution in [0.15, 0.2) is 0 Å². The van der Waals surface area contributed by atoms with Gasteiger partial charge in [0.25, 0.3) is 0 Å². The second kappa shape index (κ2) is 6.21. The third kappa shape index (κ3) is 3.00. The van der Waals surface area contributed by atoms with Gasteiger partial charge in [-0.3, -0.25) is 0 Å². The Labute approximate surface area is 95.8 Å². The van der Waals surface area contributed by atoms with Crippen LogP contribution in [0, 0.1) is 23.2 Å². The summed E-state index contributed by atoms with van der Waals surface area (Å²) in [6.45, 7) is 6.80. The Hall–Kier alpha value is -0.440. The van der Waals surface area contributed by atoms with Gasteiger partial charge in [0.1, 0.15) is 0 Å². The predicted molar refractivity (Wildman–Crippen MR) is 67.7 cm³/mol. The lowest BCUT2D eigenvalue weighted by Crippen LogP contribution is -2.29. The van der Waals surface area contributed by atoms with E-state index in [-0.39, 0.29) is 0 Å². The quantitative estimate of drug-likeness (QED) is 0.583. The van der Waals surface area contributed by atoms with E-state index in [0.29, 0.717) is 5.41 Å². The molecule has 0 aromatic rings. The minimum atomic E-state index is 0.344. The molecule has 0 aliphatic heterocycles. The van der Waals surface area contributed by atoms with Gasteiger partial charge in [-0.25, -0.2) is 0 Å². The Morgan fingerprint density at radius 3 is 2.07 bits per heavy atom. The summed E-state index contributed by atoms with van der Waals surface area (Å²) in [5, 5.41) is 0. The molecule has 1 rings (SSSR count). The molecule has 0 spiro atoms. The van der Waals surface area contributed by atoms with Crippen molar-refractivity contribution in [2.75, 3.05) is 0 Å². The Morgan fingerprint density at radius 1 is 1.00 bits per heavy atom. The van der Waals surface area contributed by atoms with Gasteiger partial charge in [0.05, 0.1) is 0 Å². The first kappa shape index (κ1) is 12.6. The van der Waals surface area contributed by atoms with Crippen LogP contribution in [0.3, 0.4) is 0 Å². The second-order valence-electron chi connectivity index (χ2n) is 4.85. The van der Waals surface area contributed by atoms with Crippen LogP contribution in [0.25, 0.3) is 0 Å². The minimum absolute atomic E-state index is 0.344. The van der Waals surface area contributed by atoms with E-state index in [1.807, 2.05) is 0 Å². The van der Waals surface area contributed by atoms with Crippen LogP contribution in [0.1, 0.15) is 72.1 Å². The third-order valence-electron chi connectivity index (χ3n) is 4.16. The van der Waals surface area contributed by atoms with Crippen LogP contribution in [0.5, 0.6) is 0 Å². The lowest BCUT2D eigenvalue weighted by Gasteiger charge is -2.37. The fourth-order valence-corrected chi connectivity index (χ4v) is 3.03. The van der Waals surface area contributed by atoms with E-state index in [4.69, 9.17) is 0 Å². The summed E-state index contributed by atoms with van der Waals surface area (Å²) < 4.78 is 0. The second-order valence-corrected chi connectivity index (χ2v) is 4.85. The molecule has 1 aliphatic rings. The Morgan fingerprint density at radius 2 is 1.60 bits per heavy atom. The van der Waals surface area contributed by atoms with Crippen molar-refractivity contribution in [2.24, 2.45) is 11.3 Å². The smallest absolute Gasteiger partial charge is 0.0337 e. The zero-order chi connectivity index (χ0) is 11.1. The number of hydrogen-bond acceptors (Lipinski definition) is 0. The first-order valence-electron chi connectivity index (χ1n) is 6.79. The number of hydrogen-bond donors (Lipinski definition) is 0. The van der Waals surface area contributed by atoms with Gasteiger partial charge in [-0.2, -0.15) is 0 Å². The van der Waals surface area contributed by atoms with Crippen molar-refractivity contribution in [3.8, 4) is 11.8 Å². The normalized spacial score (nSPS) is 18.3. The molecule has 0 N–H and O–H groups in total. The van der Waals surface area contributed by atoms with E-state index in [2.05, 4.69) is 32.6 Å². The van der Waals surface area contributed by atoms with Gasteiger partial charge in [0, 0.05) is 11.8 Å². The fourth-order valence-electron chi connectivity index (χ4n) is 3.03. The molecule has 0 amide bonds. The Bertz CT molecular complexity index is 218. The highest BCUT2D eigenvalue weighted by Crippen LogP contribution is 2.43. The van der Waals surface area contributed by atoms with Crippen LogP contribution >= 0.6 is 0 Å². The summed E-state index contributed by atoms with van der Waals surface area (Å²) in [5.41, 5.74) is 0.344. The van der Waals surface area contributed by atoms with Crippen LogP contribution in [0.2, 0.25) is 0 Å². The topological polar surface area (TPSA) is 0 Å². The van der Waals surface area contributed by atoms with Gasteiger partial charge in [0.2, 0.25) is 0 Å². The molecule has 0 saturated heterocycles. The first-order chi connectivity index (χ1) is 7.29. The third-order valence-corrected chi connectivity index (χ3v) is 4.16. The fraction of sp³-hybridized carbons (Fsp3) is 0.867. The molecule has 1 aliphatic carbocycles. The largest absolute Gasteiger partial charge is 0.103 e. The van der Waals surface area contributed by atoms with Crippen molar-refractivity contribution in [3.05, 3.63) is 0 Å². The van der Waals surface area contributed by atoms with Crippen LogP contribution < -0.4 is 0 Å². The molecular formula is C15H26. The molecule has 1 fully saturated rings. The zero-order valence-corrected chi connectivity index (χ0v) is 10.7. The average Bonchev–Trinajstić information content (AvgIpc) is 2.33. The molecule has 0 bridgehead atoms. The molecule has 15 heavy (non-hydrogen) atoms. The standard InChI is InChI=1S/C15H26/c1-4-7-13-15(5-2,6-3)14-11-9-8-10-12-14/h14H,4-6,8-12H2,1-3H3. The highest BCUT2D eigenvalue weighted by Gasteiger charge is 2.34. The van der Waals surface area contributed by atoms with E-state index in [1.165, 1.54) is 44.9 Å². The maximum atomic E-state index is 3.60. The van der Waals surface area contributed by atoms with Crippen molar-refractivity contribution >= 4 is 0 Å². The first-order valence-corrected chi connectivity index (χ1v) is 6.79. The van der Waals surface area contributed by atoms with Crippen molar-refractivity contribution < 1.29 is 0 Å². The molecule has 0 atom stereocenters. The summed E-state index contributed by atoms with van der Waals surface area (Å²) in [4.78, 5) is 0. The zero-order valence-electron chi connectivity index (χ0n) is 10.7. The van der Waals surface area contributed by atoms with Crippen LogP contribution in [-0.2, 0) is 0 Å². The van der Waals surface area contributed by atoms with E-state index in [0.717, 1.165) is 12.3 Å². The molecule has 0 unspecified atom stereocenters. The lowest BCUT2D eigenvalue weighted by atomic mass is 9.66. The highest BCUT2D eigenvalue weighted by atomic mass is 14.4. The molecule has 1 saturated carbocycles. The molecule has 86 valence electrons. The summed E-state index contributed by atoms with van der Waals surface area (Å²) in [6, 6.07) is 0. The Kier molecular flexibility index (Phi) is 5.23. The van der Waals surface area contributed by atoms with Crippen molar-refractivity contribution in [2.45, 2.75) is 72.1 Å². The maximum Gasteiger partial charge on any atom is 0.0337 e. The number of rotatable bonds is 3. The lowest BCUT2D eigenvalue weighted by molar-refractivity contribution is 0.168. The van der Waals surface area contributed by atoms with Gasteiger partial charge >= 0.3 is 0 Å². The van der Waals surface area contributed by atoms with E-state index < -0.39 is 0 Å². The van der Waals surface area contributed by atoms with Gasteiger partial charge in [-0.05, 0) is 31.6 Å². The molecule has 0 aromatic heterocycles. The predicted octanol–water partition coefficient (Wildman–Crippen LogP) is 4.79. The van der Waals surface area contributed by atoms with Gasteiger partial charge < -0.3 is 0 Å². The van der Waals surface area contributed by atoms with E-state index in [9.17, 15) is 0 Å². The van der Waals surface area contributed by atoms with E-state index in [1.54, 1.807) is 0 Å². The van der Waals surface area contributed by atoms with Gasteiger partial charge in [0.15, 0.2) is 0 Å². The van der Waals surface area contributed by atoms with Crippen molar-refractivity contribution in [3.63, 3.8) is 0 Å². The molecule has 0 heteroatoms. The molecule has 0 nitrogen and oxygen atoms in total. The molecule has 0 aromatic carbocycles. The van der Waals surface area contributed by atoms with Crippen LogP contribution in [0.4, 0.5) is 0 Å². The molecule has 0 radical (unpaired) electrons. The maximum absolute atomic E-state index is 3.60. The average molecular weight is 206 g/mol. The summed E-state index contributed by atoms with van der Waals surface area (Å²) in [5.74, 6) is 7.82. The SMILES string of the molecule is CCC#CC(CC)(CC)C1CCCCC1. The van der Waals surface area contributed by atoms with Crippen LogP contribution in [-0.4, -0.2) is 0 Å². The molecule has 0 heterocycles. The minimum Gasteiger partial charge on any atom is -0.103 e. The summed E-state index contributed by atoms with van der Waals surface area (Å²) in [6.07, 6.45) is 10.6. The van der Waals surface area contributed by atoms with Gasteiger partial charge in [-0.1, -0.05) is 46.0 Å². The summed E-state index contributed by atoms with van der Waals surface area (Å²) >= 11 is 0. The van der Waals surface area contributed by atoms with E-state index >= 15 is 0 Å². The van der Waals surface area contributed by atoms with Crippen molar-refractivity contribution in [1.82, 2.24) is 0 Å². The van der Waals surface area contributed by atoms with Crippen molar-refractivity contribution in [1.29, 1.82) is 0 Å². The molecular weight excluding hydrogens is 180 g/mol. The Balaban J connectivity index is 2.77. The monoisotopic (exact) mass is 206 g/mol. The highest BCUT2D eigenvalue weighted by molar-refractivity contribution is 5.13. The summed E-state index contributed by atoms with van der Waals surface area (Å²) in [7, 11) is 0.